The molecule has 0 unspecified atom stereocenters. The number of sulfonamides is 1. The zero-order chi connectivity index (χ0) is 21.3. The van der Waals surface area contributed by atoms with Crippen molar-refractivity contribution in [2.45, 2.75) is 13.8 Å². The molecular weight excluding hydrogens is 412 g/mol. The van der Waals surface area contributed by atoms with Crippen LogP contribution in [0.3, 0.4) is 0 Å². The fourth-order valence-corrected chi connectivity index (χ4v) is 3.65. The molecule has 0 spiro atoms. The van der Waals surface area contributed by atoms with Crippen LogP contribution in [-0.4, -0.2) is 29.6 Å². The first-order valence-corrected chi connectivity index (χ1v) is 10.8. The summed E-state index contributed by atoms with van der Waals surface area (Å²) in [6.45, 7) is 3.30. The maximum atomic E-state index is 12.6. The minimum Gasteiger partial charge on any atom is -0.332 e. The van der Waals surface area contributed by atoms with Crippen molar-refractivity contribution < 1.29 is 13.2 Å². The number of hydrogen-bond donors (Lipinski definition) is 3. The van der Waals surface area contributed by atoms with E-state index < -0.39 is 10.0 Å². The number of hydrogen-bond acceptors (Lipinski definition) is 5. The number of aromatic nitrogens is 2. The van der Waals surface area contributed by atoms with Gasteiger partial charge in [-0.1, -0.05) is 0 Å². The number of nitrogens with zero attached hydrogens (tertiary/aromatic N) is 1. The lowest BCUT2D eigenvalue weighted by Crippen LogP contribution is -2.19. The summed E-state index contributed by atoms with van der Waals surface area (Å²) in [5.41, 5.74) is 2.24. The molecule has 0 aliphatic carbocycles. The number of rotatable bonds is 5. The summed E-state index contributed by atoms with van der Waals surface area (Å²) >= 11 is 5.11. The van der Waals surface area contributed by atoms with E-state index in [1.165, 1.54) is 4.57 Å². The fraction of sp³-hybridized carbons (Fsp3) is 0.211. The second-order valence-corrected chi connectivity index (χ2v) is 8.94. The third-order valence-electron chi connectivity index (χ3n) is 4.49. The van der Waals surface area contributed by atoms with Crippen LogP contribution in [0.4, 0.5) is 11.4 Å². The normalized spacial score (nSPS) is 11.4. The molecule has 1 heterocycles. The van der Waals surface area contributed by atoms with Crippen molar-refractivity contribution >= 4 is 50.4 Å². The summed E-state index contributed by atoms with van der Waals surface area (Å²) in [5, 5.41) is 3.20. The third-order valence-corrected chi connectivity index (χ3v) is 6.16. The van der Waals surface area contributed by atoms with Crippen molar-refractivity contribution in [2.75, 3.05) is 15.8 Å². The van der Waals surface area contributed by atoms with Gasteiger partial charge in [0.1, 0.15) is 0 Å². The second kappa shape index (κ2) is 7.80. The summed E-state index contributed by atoms with van der Waals surface area (Å²) in [5.74, 6) is -0.396. The first-order chi connectivity index (χ1) is 13.6. The van der Waals surface area contributed by atoms with Gasteiger partial charge in [-0.25, -0.2) is 8.42 Å². The van der Waals surface area contributed by atoms with Crippen LogP contribution in [0.1, 0.15) is 22.8 Å². The minimum atomic E-state index is -3.38. The van der Waals surface area contributed by atoms with E-state index in [-0.39, 0.29) is 22.0 Å². The summed E-state index contributed by atoms with van der Waals surface area (Å²) in [7, 11) is -1.80. The van der Waals surface area contributed by atoms with Crippen molar-refractivity contribution in [3.63, 3.8) is 0 Å². The molecule has 3 N–H and O–H groups in total. The molecule has 1 amide bonds. The maximum absolute atomic E-state index is 12.6. The average Bonchev–Trinajstić information content (AvgIpc) is 2.68. The van der Waals surface area contributed by atoms with Crippen molar-refractivity contribution in [1.29, 1.82) is 0 Å². The molecule has 8 nitrogen and oxygen atoms in total. The Morgan fingerprint density at radius 2 is 1.93 bits per heavy atom. The Morgan fingerprint density at radius 1 is 1.21 bits per heavy atom. The molecule has 3 rings (SSSR count). The van der Waals surface area contributed by atoms with Crippen LogP contribution in [0.15, 0.2) is 41.2 Å². The van der Waals surface area contributed by atoms with E-state index in [9.17, 15) is 18.0 Å². The van der Waals surface area contributed by atoms with Crippen molar-refractivity contribution in [2.24, 2.45) is 7.05 Å². The van der Waals surface area contributed by atoms with Gasteiger partial charge >= 0.3 is 0 Å². The van der Waals surface area contributed by atoms with Crippen LogP contribution < -0.4 is 15.6 Å². The number of anilines is 2. The van der Waals surface area contributed by atoms with Gasteiger partial charge < -0.3 is 10.3 Å². The smallest absolute Gasteiger partial charge is 0.261 e. The molecule has 0 fully saturated rings. The minimum absolute atomic E-state index is 0.0287. The van der Waals surface area contributed by atoms with Crippen molar-refractivity contribution in [1.82, 2.24) is 9.55 Å². The van der Waals surface area contributed by atoms with Crippen LogP contribution in [-0.2, 0) is 17.1 Å². The zero-order valence-corrected chi connectivity index (χ0v) is 17.7. The van der Waals surface area contributed by atoms with E-state index in [0.717, 1.165) is 0 Å². The first kappa shape index (κ1) is 20.7. The van der Waals surface area contributed by atoms with Gasteiger partial charge in [0, 0.05) is 18.3 Å². The predicted molar refractivity (Wildman–Crippen MR) is 117 cm³/mol. The number of aromatic amines is 1. The largest absolute Gasteiger partial charge is 0.332 e. The third kappa shape index (κ3) is 4.38. The Hall–Kier alpha value is -2.98. The van der Waals surface area contributed by atoms with E-state index in [1.54, 1.807) is 57.3 Å². The lowest BCUT2D eigenvalue weighted by atomic mass is 10.1. The highest BCUT2D eigenvalue weighted by Gasteiger charge is 2.12. The number of carbonyl (C=O) groups is 1. The molecule has 1 aromatic heterocycles. The first-order valence-electron chi connectivity index (χ1n) is 8.77. The maximum Gasteiger partial charge on any atom is 0.261 e. The van der Waals surface area contributed by atoms with Crippen LogP contribution in [0.2, 0.25) is 0 Å². The monoisotopic (exact) mass is 432 g/mol. The highest BCUT2D eigenvalue weighted by molar-refractivity contribution is 7.92. The number of benzene rings is 2. The van der Waals surface area contributed by atoms with Gasteiger partial charge in [0.05, 0.1) is 22.3 Å². The van der Waals surface area contributed by atoms with E-state index >= 15 is 0 Å². The highest BCUT2D eigenvalue weighted by atomic mass is 32.2. The van der Waals surface area contributed by atoms with E-state index in [0.29, 0.717) is 33.4 Å². The molecule has 0 saturated carbocycles. The van der Waals surface area contributed by atoms with Crippen LogP contribution in [0.5, 0.6) is 0 Å². The van der Waals surface area contributed by atoms with Crippen LogP contribution >= 0.6 is 12.2 Å². The number of nitrogens with one attached hydrogen (secondary N) is 3. The van der Waals surface area contributed by atoms with Crippen LogP contribution in [0.25, 0.3) is 10.9 Å². The quantitative estimate of drug-likeness (QED) is 0.537. The molecule has 3 aromatic rings. The molecule has 2 aromatic carbocycles. The number of carbonyl (C=O) groups excluding carboxylic acids is 1. The Kier molecular flexibility index (Phi) is 5.58. The van der Waals surface area contributed by atoms with Crippen molar-refractivity contribution in [3.05, 3.63) is 62.6 Å². The summed E-state index contributed by atoms with van der Waals surface area (Å²) < 4.78 is 27.5. The SMILES string of the molecule is CCS(=O)(=O)Nc1ccc(NC(=O)c2ccc3c(=O)n(C)c(=S)[nH]c3c2)cc1C. The van der Waals surface area contributed by atoms with Gasteiger partial charge in [-0.2, -0.15) is 0 Å². The Morgan fingerprint density at radius 3 is 2.59 bits per heavy atom. The standard InChI is InChI=1S/C19H20N4O4S2/c1-4-29(26,27)22-15-8-6-13(9-11(15)2)20-17(24)12-5-7-14-16(10-12)21-19(28)23(3)18(14)25/h5-10,22H,4H2,1-3H3,(H,20,24)(H,21,28). The number of H-pyrrole nitrogens is 1. The molecule has 0 aliphatic rings. The van der Waals surface area contributed by atoms with Crippen LogP contribution in [0, 0.1) is 11.7 Å². The predicted octanol–water partition coefficient (Wildman–Crippen LogP) is 2.92. The summed E-state index contributed by atoms with van der Waals surface area (Å²) in [6, 6.07) is 9.59. The highest BCUT2D eigenvalue weighted by Crippen LogP contribution is 2.22. The Labute approximate surface area is 172 Å². The zero-order valence-electron chi connectivity index (χ0n) is 16.1. The molecule has 0 aliphatic heterocycles. The molecular formula is C19H20N4O4S2. The molecule has 152 valence electrons. The summed E-state index contributed by atoms with van der Waals surface area (Å²) in [4.78, 5) is 27.8. The molecule has 29 heavy (non-hydrogen) atoms. The fourth-order valence-electron chi connectivity index (χ4n) is 2.75. The van der Waals surface area contributed by atoms with Gasteiger partial charge in [-0.15, -0.1) is 0 Å². The molecule has 10 heteroatoms. The lowest BCUT2D eigenvalue weighted by molar-refractivity contribution is 0.102. The van der Waals surface area contributed by atoms with E-state index in [4.69, 9.17) is 12.2 Å². The van der Waals surface area contributed by atoms with E-state index in [2.05, 4.69) is 15.0 Å². The van der Waals surface area contributed by atoms with Gasteiger partial charge in [0.2, 0.25) is 10.0 Å². The summed E-state index contributed by atoms with van der Waals surface area (Å²) in [6.07, 6.45) is 0. The van der Waals surface area contributed by atoms with Gasteiger partial charge in [-0.3, -0.25) is 18.9 Å². The van der Waals surface area contributed by atoms with Gasteiger partial charge in [0.15, 0.2) is 4.77 Å². The molecule has 0 atom stereocenters. The molecule has 0 saturated heterocycles. The number of aryl methyl sites for hydroxylation is 1. The lowest BCUT2D eigenvalue weighted by Gasteiger charge is -2.12. The topological polar surface area (TPSA) is 113 Å². The van der Waals surface area contributed by atoms with Gasteiger partial charge in [-0.05, 0) is 68.0 Å². The number of amides is 1. The molecule has 0 bridgehead atoms. The molecule has 0 radical (unpaired) electrons. The second-order valence-electron chi connectivity index (χ2n) is 6.54. The van der Waals surface area contributed by atoms with Crippen molar-refractivity contribution in [3.8, 4) is 0 Å². The Bertz CT molecular complexity index is 1340. The average molecular weight is 433 g/mol. The van der Waals surface area contributed by atoms with E-state index in [1.807, 2.05) is 0 Å². The Balaban J connectivity index is 1.87. The number of fused-ring (bicyclic) bond motifs is 1. The van der Waals surface area contributed by atoms with Gasteiger partial charge in [0.25, 0.3) is 11.5 Å².